The van der Waals surface area contributed by atoms with E-state index >= 15 is 0 Å². The SMILES string of the molecule is CC/C=C\C/C=C\C/C=C\C/C=C\C/C=C\CCCCOCC(COC(=O)CCCCCCCCC/C=C\C/C=C\CCCCC)OC(=O)CCCCCCC/C=C\CCCCCC. The van der Waals surface area contributed by atoms with E-state index < -0.39 is 6.10 Å². The van der Waals surface area contributed by atoms with E-state index in [2.05, 4.69) is 118 Å². The smallest absolute Gasteiger partial charge is 0.306 e. The van der Waals surface area contributed by atoms with Crippen LogP contribution in [0.5, 0.6) is 0 Å². The standard InChI is InChI=1S/C59H100O5/c1-4-7-10-13-16-19-22-25-27-29-31-33-36-39-42-45-48-51-54-62-55-57(64-59(61)53-50-47-44-41-38-34-24-21-18-15-12-9-6-3)56-63-58(60)52-49-46-43-40-37-35-32-30-28-26-23-20-17-14-11-8-5-2/h7,10,16-17,19-21,24-28,31,33,39,42,57H,4-6,8-9,11-15,18,22-23,29-30,32,34-38,40-41,43-56H2,1-3H3/b10-7-,19-16-,20-17-,24-21-,27-25-,28-26-,33-31-,42-39-. The van der Waals surface area contributed by atoms with E-state index in [1.807, 2.05) is 0 Å². The Kier molecular flexibility index (Phi) is 51.5. The summed E-state index contributed by atoms with van der Waals surface area (Å²) in [4.78, 5) is 25.4. The van der Waals surface area contributed by atoms with Gasteiger partial charge in [-0.1, -0.05) is 201 Å². The van der Waals surface area contributed by atoms with E-state index in [1.165, 1.54) is 103 Å². The van der Waals surface area contributed by atoms with Gasteiger partial charge in [0.2, 0.25) is 0 Å². The summed E-state index contributed by atoms with van der Waals surface area (Å²) in [5.41, 5.74) is 0. The Labute approximate surface area is 396 Å². The van der Waals surface area contributed by atoms with Crippen molar-refractivity contribution >= 4 is 11.9 Å². The number of esters is 2. The van der Waals surface area contributed by atoms with E-state index in [9.17, 15) is 9.59 Å². The number of carbonyl (C=O) groups is 2. The van der Waals surface area contributed by atoms with Gasteiger partial charge in [-0.05, 0) is 122 Å². The van der Waals surface area contributed by atoms with Gasteiger partial charge in [0.05, 0.1) is 6.61 Å². The van der Waals surface area contributed by atoms with Crippen molar-refractivity contribution in [2.75, 3.05) is 19.8 Å². The van der Waals surface area contributed by atoms with Crippen LogP contribution in [0.15, 0.2) is 97.2 Å². The van der Waals surface area contributed by atoms with Gasteiger partial charge in [-0.25, -0.2) is 0 Å². The zero-order chi connectivity index (χ0) is 46.3. The van der Waals surface area contributed by atoms with Crippen LogP contribution >= 0.6 is 0 Å². The van der Waals surface area contributed by atoms with Crippen molar-refractivity contribution in [3.05, 3.63) is 97.2 Å². The summed E-state index contributed by atoms with van der Waals surface area (Å²) in [7, 11) is 0. The van der Waals surface area contributed by atoms with Crippen molar-refractivity contribution in [3.8, 4) is 0 Å². The molecular formula is C59H100O5. The minimum absolute atomic E-state index is 0.0560. The highest BCUT2D eigenvalue weighted by molar-refractivity contribution is 5.70. The van der Waals surface area contributed by atoms with Crippen molar-refractivity contribution < 1.29 is 23.8 Å². The summed E-state index contributed by atoms with van der Waals surface area (Å²) in [6.07, 6.45) is 72.8. The summed E-state index contributed by atoms with van der Waals surface area (Å²) in [6, 6.07) is 0. The molecule has 0 rings (SSSR count). The first-order valence-corrected chi connectivity index (χ1v) is 26.8. The number of allylic oxidation sites excluding steroid dienone is 16. The fourth-order valence-corrected chi connectivity index (χ4v) is 7.09. The van der Waals surface area contributed by atoms with E-state index in [-0.39, 0.29) is 25.2 Å². The van der Waals surface area contributed by atoms with Crippen molar-refractivity contribution in [1.29, 1.82) is 0 Å². The molecular weight excluding hydrogens is 789 g/mol. The van der Waals surface area contributed by atoms with Crippen molar-refractivity contribution in [3.63, 3.8) is 0 Å². The third-order valence-corrected chi connectivity index (χ3v) is 11.1. The molecule has 0 aromatic heterocycles. The Morgan fingerprint density at radius 2 is 0.703 bits per heavy atom. The first kappa shape index (κ1) is 60.8. The van der Waals surface area contributed by atoms with Crippen molar-refractivity contribution in [2.45, 2.75) is 245 Å². The summed E-state index contributed by atoms with van der Waals surface area (Å²) in [5, 5.41) is 0. The minimum Gasteiger partial charge on any atom is -0.462 e. The topological polar surface area (TPSA) is 61.8 Å². The average Bonchev–Trinajstić information content (AvgIpc) is 3.30. The number of hydrogen-bond acceptors (Lipinski definition) is 5. The number of ether oxygens (including phenoxy) is 3. The van der Waals surface area contributed by atoms with Crippen LogP contribution in [0.4, 0.5) is 0 Å². The maximum Gasteiger partial charge on any atom is 0.306 e. The zero-order valence-electron chi connectivity index (χ0n) is 42.0. The second kappa shape index (κ2) is 54.2. The number of carbonyl (C=O) groups excluding carboxylic acids is 2. The molecule has 0 amide bonds. The van der Waals surface area contributed by atoms with Gasteiger partial charge >= 0.3 is 11.9 Å². The molecule has 0 heterocycles. The maximum absolute atomic E-state index is 12.8. The number of rotatable bonds is 48. The zero-order valence-corrected chi connectivity index (χ0v) is 42.0. The molecule has 5 nitrogen and oxygen atoms in total. The van der Waals surface area contributed by atoms with Gasteiger partial charge < -0.3 is 14.2 Å². The molecule has 0 aromatic carbocycles. The van der Waals surface area contributed by atoms with Gasteiger partial charge in [0, 0.05) is 19.4 Å². The van der Waals surface area contributed by atoms with Gasteiger partial charge in [0.25, 0.3) is 0 Å². The third-order valence-electron chi connectivity index (χ3n) is 11.1. The molecule has 5 heteroatoms. The summed E-state index contributed by atoms with van der Waals surface area (Å²) < 4.78 is 17.4. The van der Waals surface area contributed by atoms with E-state index in [4.69, 9.17) is 14.2 Å². The van der Waals surface area contributed by atoms with Gasteiger partial charge in [0.1, 0.15) is 6.61 Å². The largest absolute Gasteiger partial charge is 0.462 e. The lowest BCUT2D eigenvalue weighted by Gasteiger charge is -2.18. The monoisotopic (exact) mass is 889 g/mol. The molecule has 0 aliphatic heterocycles. The lowest BCUT2D eigenvalue weighted by molar-refractivity contribution is -0.163. The molecule has 0 saturated carbocycles. The van der Waals surface area contributed by atoms with Gasteiger partial charge in [-0.15, -0.1) is 0 Å². The van der Waals surface area contributed by atoms with Crippen LogP contribution < -0.4 is 0 Å². The average molecular weight is 889 g/mol. The van der Waals surface area contributed by atoms with Gasteiger partial charge in [-0.3, -0.25) is 9.59 Å². The summed E-state index contributed by atoms with van der Waals surface area (Å²) in [6.45, 7) is 7.56. The highest BCUT2D eigenvalue weighted by Crippen LogP contribution is 2.13. The van der Waals surface area contributed by atoms with Crippen LogP contribution in [-0.2, 0) is 23.8 Å². The van der Waals surface area contributed by atoms with Gasteiger partial charge in [-0.2, -0.15) is 0 Å². The predicted molar refractivity (Wildman–Crippen MR) is 279 cm³/mol. The molecule has 0 aliphatic carbocycles. The quantitative estimate of drug-likeness (QED) is 0.0346. The van der Waals surface area contributed by atoms with Crippen LogP contribution in [0.25, 0.3) is 0 Å². The summed E-state index contributed by atoms with van der Waals surface area (Å²) >= 11 is 0. The van der Waals surface area contributed by atoms with Crippen LogP contribution in [0, 0.1) is 0 Å². The van der Waals surface area contributed by atoms with Crippen LogP contribution in [-0.4, -0.2) is 37.9 Å². The first-order chi connectivity index (χ1) is 31.6. The molecule has 1 atom stereocenters. The number of hydrogen-bond donors (Lipinski definition) is 0. The van der Waals surface area contributed by atoms with Crippen LogP contribution in [0.3, 0.4) is 0 Å². The molecule has 0 fully saturated rings. The van der Waals surface area contributed by atoms with E-state index in [0.717, 1.165) is 103 Å². The molecule has 0 saturated heterocycles. The first-order valence-electron chi connectivity index (χ1n) is 26.8. The second-order valence-electron chi connectivity index (χ2n) is 17.4. The number of unbranched alkanes of at least 4 members (excludes halogenated alkanes) is 21. The Morgan fingerprint density at radius 3 is 1.17 bits per heavy atom. The van der Waals surface area contributed by atoms with Crippen molar-refractivity contribution in [1.82, 2.24) is 0 Å². The molecule has 0 aromatic rings. The van der Waals surface area contributed by atoms with E-state index in [1.54, 1.807) is 0 Å². The molecule has 1 unspecified atom stereocenters. The molecule has 366 valence electrons. The normalized spacial score (nSPS) is 13.0. The summed E-state index contributed by atoms with van der Waals surface area (Å²) in [5.74, 6) is -0.442. The maximum atomic E-state index is 12.8. The third kappa shape index (κ3) is 51.5. The van der Waals surface area contributed by atoms with Gasteiger partial charge in [0.15, 0.2) is 6.10 Å². The van der Waals surface area contributed by atoms with Crippen LogP contribution in [0.2, 0.25) is 0 Å². The molecule has 0 aliphatic rings. The minimum atomic E-state index is -0.571. The fraction of sp³-hybridized carbons (Fsp3) is 0.695. The Morgan fingerprint density at radius 1 is 0.359 bits per heavy atom. The van der Waals surface area contributed by atoms with Crippen molar-refractivity contribution in [2.24, 2.45) is 0 Å². The van der Waals surface area contributed by atoms with E-state index in [0.29, 0.717) is 19.4 Å². The molecule has 64 heavy (non-hydrogen) atoms. The lowest BCUT2D eigenvalue weighted by Crippen LogP contribution is -2.30. The van der Waals surface area contributed by atoms with Crippen LogP contribution in [0.1, 0.15) is 239 Å². The molecule has 0 spiro atoms. The highest BCUT2D eigenvalue weighted by atomic mass is 16.6. The molecule has 0 bridgehead atoms. The highest BCUT2D eigenvalue weighted by Gasteiger charge is 2.17. The Bertz CT molecular complexity index is 1230. The Hall–Kier alpha value is -3.18. The molecule has 0 radical (unpaired) electrons. The molecule has 0 N–H and O–H groups in total. The lowest BCUT2D eigenvalue weighted by atomic mass is 10.1. The fourth-order valence-electron chi connectivity index (χ4n) is 7.09. The predicted octanol–water partition coefficient (Wildman–Crippen LogP) is 18.2. The Balaban J connectivity index is 4.38. The second-order valence-corrected chi connectivity index (χ2v) is 17.4.